The zero-order chi connectivity index (χ0) is 19.9. The molecule has 1 aliphatic rings. The number of methoxy groups -OCH3 is 1. The van der Waals surface area contributed by atoms with Crippen LogP contribution in [0.5, 0.6) is 5.75 Å². The number of carbonyl (C=O) groups is 1. The number of H-pyrrole nitrogens is 1. The van der Waals surface area contributed by atoms with Gasteiger partial charge in [-0.25, -0.2) is 8.42 Å². The van der Waals surface area contributed by atoms with Crippen molar-refractivity contribution in [2.75, 3.05) is 20.2 Å². The standard InChI is InChI=1S/C21H22N2O4S/c1-14-11-15(5-8-20(14)27-2)21-18(13-24)17-12-16(6-7-19(17)22-21)28(25,26)23-9-3-4-10-23/h5-8,11-13,22H,3-4,9-10H2,1-2H3. The van der Waals surface area contributed by atoms with Crippen LogP contribution in [0.1, 0.15) is 28.8 Å². The molecule has 0 radical (unpaired) electrons. The fourth-order valence-corrected chi connectivity index (χ4v) is 5.36. The molecule has 3 aromatic rings. The second kappa shape index (κ2) is 7.07. The van der Waals surface area contributed by atoms with Crippen molar-refractivity contribution >= 4 is 27.2 Å². The largest absolute Gasteiger partial charge is 0.496 e. The Morgan fingerprint density at radius 3 is 2.50 bits per heavy atom. The summed E-state index contributed by atoms with van der Waals surface area (Å²) in [5, 5.41) is 0.610. The molecule has 4 rings (SSSR count). The van der Waals surface area contributed by atoms with Gasteiger partial charge in [-0.05, 0) is 67.3 Å². The maximum Gasteiger partial charge on any atom is 0.243 e. The number of fused-ring (bicyclic) bond motifs is 1. The van der Waals surface area contributed by atoms with Gasteiger partial charge in [-0.3, -0.25) is 4.79 Å². The highest BCUT2D eigenvalue weighted by Crippen LogP contribution is 2.33. The Morgan fingerprint density at radius 1 is 1.11 bits per heavy atom. The van der Waals surface area contributed by atoms with Gasteiger partial charge in [0, 0.05) is 29.6 Å². The first-order chi connectivity index (χ1) is 13.5. The first-order valence-corrected chi connectivity index (χ1v) is 10.7. The first kappa shape index (κ1) is 18.7. The summed E-state index contributed by atoms with van der Waals surface area (Å²) >= 11 is 0. The van der Waals surface area contributed by atoms with E-state index < -0.39 is 10.0 Å². The van der Waals surface area contributed by atoms with Crippen molar-refractivity contribution < 1.29 is 17.9 Å². The lowest BCUT2D eigenvalue weighted by Gasteiger charge is -2.15. The lowest BCUT2D eigenvalue weighted by Crippen LogP contribution is -2.27. The van der Waals surface area contributed by atoms with Gasteiger partial charge in [-0.15, -0.1) is 0 Å². The molecule has 2 aromatic carbocycles. The number of aryl methyl sites for hydroxylation is 1. The van der Waals surface area contributed by atoms with E-state index in [9.17, 15) is 13.2 Å². The highest BCUT2D eigenvalue weighted by molar-refractivity contribution is 7.89. The van der Waals surface area contributed by atoms with Crippen LogP contribution in [0.2, 0.25) is 0 Å². The normalized spacial score (nSPS) is 15.2. The summed E-state index contributed by atoms with van der Waals surface area (Å²) in [4.78, 5) is 15.4. The Hall–Kier alpha value is -2.64. The van der Waals surface area contributed by atoms with E-state index in [-0.39, 0.29) is 4.90 Å². The Labute approximate surface area is 164 Å². The van der Waals surface area contributed by atoms with Crippen LogP contribution in [0.15, 0.2) is 41.3 Å². The van der Waals surface area contributed by atoms with Crippen molar-refractivity contribution in [1.29, 1.82) is 0 Å². The predicted molar refractivity (Wildman–Crippen MR) is 108 cm³/mol. The van der Waals surface area contributed by atoms with E-state index in [1.807, 2.05) is 25.1 Å². The second-order valence-electron chi connectivity index (χ2n) is 7.03. The minimum Gasteiger partial charge on any atom is -0.496 e. The van der Waals surface area contributed by atoms with Gasteiger partial charge >= 0.3 is 0 Å². The van der Waals surface area contributed by atoms with Crippen molar-refractivity contribution in [3.8, 4) is 17.0 Å². The lowest BCUT2D eigenvalue weighted by molar-refractivity contribution is 0.112. The Kier molecular flexibility index (Phi) is 4.72. The number of carbonyl (C=O) groups excluding carboxylic acids is 1. The average molecular weight is 398 g/mol. The van der Waals surface area contributed by atoms with Gasteiger partial charge in [0.1, 0.15) is 5.75 Å². The van der Waals surface area contributed by atoms with Gasteiger partial charge in [0.25, 0.3) is 0 Å². The maximum absolute atomic E-state index is 12.9. The third kappa shape index (κ3) is 3.00. The SMILES string of the molecule is COc1ccc(-c2[nH]c3ccc(S(=O)(=O)N4CCCC4)cc3c2C=O)cc1C. The molecule has 1 saturated heterocycles. The second-order valence-corrected chi connectivity index (χ2v) is 8.97. The number of aldehydes is 1. The van der Waals surface area contributed by atoms with Crippen LogP contribution in [-0.4, -0.2) is 44.2 Å². The molecule has 28 heavy (non-hydrogen) atoms. The van der Waals surface area contributed by atoms with Crippen LogP contribution in [-0.2, 0) is 10.0 Å². The van der Waals surface area contributed by atoms with Crippen LogP contribution >= 0.6 is 0 Å². The molecule has 0 bridgehead atoms. The zero-order valence-corrected chi connectivity index (χ0v) is 16.7. The third-order valence-corrected chi connectivity index (χ3v) is 7.21. The molecule has 1 aromatic heterocycles. The summed E-state index contributed by atoms with van der Waals surface area (Å²) in [6.45, 7) is 3.03. The Morgan fingerprint density at radius 2 is 1.86 bits per heavy atom. The van der Waals surface area contributed by atoms with Crippen molar-refractivity contribution in [1.82, 2.24) is 9.29 Å². The number of aromatic amines is 1. The highest BCUT2D eigenvalue weighted by atomic mass is 32.2. The molecule has 7 heteroatoms. The third-order valence-electron chi connectivity index (χ3n) is 5.31. The van der Waals surface area contributed by atoms with Gasteiger partial charge < -0.3 is 9.72 Å². The summed E-state index contributed by atoms with van der Waals surface area (Å²) in [6, 6.07) is 10.6. The fraction of sp³-hybridized carbons (Fsp3) is 0.286. The summed E-state index contributed by atoms with van der Waals surface area (Å²) in [6.07, 6.45) is 2.54. The molecule has 6 nitrogen and oxygen atoms in total. The summed E-state index contributed by atoms with van der Waals surface area (Å²) < 4.78 is 32.6. The highest BCUT2D eigenvalue weighted by Gasteiger charge is 2.28. The lowest BCUT2D eigenvalue weighted by atomic mass is 10.0. The van der Waals surface area contributed by atoms with Crippen LogP contribution < -0.4 is 4.74 Å². The molecule has 0 spiro atoms. The topological polar surface area (TPSA) is 79.5 Å². The summed E-state index contributed by atoms with van der Waals surface area (Å²) in [5.74, 6) is 0.770. The molecular weight excluding hydrogens is 376 g/mol. The molecule has 1 aliphatic heterocycles. The maximum atomic E-state index is 12.9. The van der Waals surface area contributed by atoms with Crippen molar-refractivity contribution in [3.63, 3.8) is 0 Å². The number of hydrogen-bond donors (Lipinski definition) is 1. The predicted octanol–water partition coefficient (Wildman–Crippen LogP) is 3.75. The van der Waals surface area contributed by atoms with Crippen LogP contribution in [0.25, 0.3) is 22.2 Å². The number of ether oxygens (including phenoxy) is 1. The van der Waals surface area contributed by atoms with E-state index in [1.54, 1.807) is 25.3 Å². The minimum absolute atomic E-state index is 0.224. The molecule has 0 aliphatic carbocycles. The molecule has 146 valence electrons. The number of hydrogen-bond acceptors (Lipinski definition) is 4. The van der Waals surface area contributed by atoms with Gasteiger partial charge in [0.15, 0.2) is 6.29 Å². The van der Waals surface area contributed by atoms with E-state index in [0.29, 0.717) is 29.7 Å². The number of nitrogens with one attached hydrogen (secondary N) is 1. The molecule has 0 unspecified atom stereocenters. The Bertz CT molecular complexity index is 1160. The van der Waals surface area contributed by atoms with Gasteiger partial charge in [0.05, 0.1) is 17.7 Å². The molecule has 0 amide bonds. The van der Waals surface area contributed by atoms with Crippen LogP contribution in [0, 0.1) is 6.92 Å². The number of aromatic nitrogens is 1. The zero-order valence-electron chi connectivity index (χ0n) is 15.9. The van der Waals surface area contributed by atoms with E-state index in [2.05, 4.69) is 4.98 Å². The molecule has 1 fully saturated rings. The van der Waals surface area contributed by atoms with Crippen molar-refractivity contribution in [2.45, 2.75) is 24.7 Å². The number of benzene rings is 2. The van der Waals surface area contributed by atoms with E-state index >= 15 is 0 Å². The van der Waals surface area contributed by atoms with Gasteiger partial charge in [-0.2, -0.15) is 4.31 Å². The Balaban J connectivity index is 1.85. The first-order valence-electron chi connectivity index (χ1n) is 9.22. The van der Waals surface area contributed by atoms with Gasteiger partial charge in [-0.1, -0.05) is 0 Å². The smallest absolute Gasteiger partial charge is 0.243 e. The van der Waals surface area contributed by atoms with Crippen molar-refractivity contribution in [2.24, 2.45) is 0 Å². The summed E-state index contributed by atoms with van der Waals surface area (Å²) in [5.41, 5.74) is 3.66. The van der Waals surface area contributed by atoms with Crippen LogP contribution in [0.4, 0.5) is 0 Å². The minimum atomic E-state index is -3.54. The monoisotopic (exact) mass is 398 g/mol. The number of nitrogens with zero attached hydrogens (tertiary/aromatic N) is 1. The molecular formula is C21H22N2O4S. The number of sulfonamides is 1. The van der Waals surface area contributed by atoms with Crippen LogP contribution in [0.3, 0.4) is 0 Å². The molecule has 0 atom stereocenters. The summed E-state index contributed by atoms with van der Waals surface area (Å²) in [7, 11) is -1.92. The van der Waals surface area contributed by atoms with E-state index in [0.717, 1.165) is 41.5 Å². The number of rotatable bonds is 5. The van der Waals surface area contributed by atoms with E-state index in [1.165, 1.54) is 4.31 Å². The molecule has 2 heterocycles. The van der Waals surface area contributed by atoms with Crippen molar-refractivity contribution in [3.05, 3.63) is 47.5 Å². The fourth-order valence-electron chi connectivity index (χ4n) is 3.81. The average Bonchev–Trinajstić information content (AvgIpc) is 3.35. The molecule has 1 N–H and O–H groups in total. The van der Waals surface area contributed by atoms with Gasteiger partial charge in [0.2, 0.25) is 10.0 Å². The van der Waals surface area contributed by atoms with E-state index in [4.69, 9.17) is 4.74 Å². The molecule has 0 saturated carbocycles. The quantitative estimate of drug-likeness (QED) is 0.664.